The van der Waals surface area contributed by atoms with Crippen LogP contribution in [0.4, 0.5) is 0 Å². The zero-order chi connectivity index (χ0) is 17.3. The Hall–Kier alpha value is -2.25. The van der Waals surface area contributed by atoms with E-state index < -0.39 is 0 Å². The van der Waals surface area contributed by atoms with Crippen LogP contribution in [0.1, 0.15) is 35.3 Å². The number of amides is 1. The van der Waals surface area contributed by atoms with E-state index in [0.29, 0.717) is 31.9 Å². The molecular formula is C18H22N4O3. The molecule has 7 heteroatoms. The molecule has 25 heavy (non-hydrogen) atoms. The Morgan fingerprint density at radius 3 is 2.80 bits per heavy atom. The molecule has 0 unspecified atom stereocenters. The highest BCUT2D eigenvalue weighted by molar-refractivity contribution is 5.92. The summed E-state index contributed by atoms with van der Waals surface area (Å²) in [5.41, 5.74) is 1.25. The molecule has 0 bridgehead atoms. The Morgan fingerprint density at radius 1 is 1.32 bits per heavy atom. The summed E-state index contributed by atoms with van der Waals surface area (Å²) < 4.78 is 7.02. The predicted molar refractivity (Wildman–Crippen MR) is 89.9 cm³/mol. The Bertz CT molecular complexity index is 740. The van der Waals surface area contributed by atoms with Crippen molar-refractivity contribution >= 4 is 5.91 Å². The average molecular weight is 342 g/mol. The van der Waals surface area contributed by atoms with Crippen LogP contribution >= 0.6 is 0 Å². The van der Waals surface area contributed by atoms with Gasteiger partial charge in [-0.1, -0.05) is 35.5 Å². The zero-order valence-electron chi connectivity index (χ0n) is 14.0. The maximum absolute atomic E-state index is 12.7. The molecule has 2 aliphatic rings. The number of nitrogens with one attached hydrogen (secondary N) is 1. The van der Waals surface area contributed by atoms with Crippen molar-refractivity contribution in [1.29, 1.82) is 0 Å². The van der Waals surface area contributed by atoms with Crippen LogP contribution < -0.4 is 5.32 Å². The van der Waals surface area contributed by atoms with Crippen molar-refractivity contribution in [3.8, 4) is 0 Å². The van der Waals surface area contributed by atoms with Gasteiger partial charge in [-0.2, -0.15) is 0 Å². The predicted octanol–water partition coefficient (Wildman–Crippen LogP) is 0.986. The third kappa shape index (κ3) is 2.94. The first kappa shape index (κ1) is 16.2. The van der Waals surface area contributed by atoms with E-state index in [1.165, 1.54) is 6.20 Å². The van der Waals surface area contributed by atoms with Gasteiger partial charge >= 0.3 is 0 Å². The smallest absolute Gasteiger partial charge is 0.271 e. The van der Waals surface area contributed by atoms with Crippen molar-refractivity contribution < 1.29 is 14.6 Å². The lowest BCUT2D eigenvalue weighted by atomic mass is 9.58. The maximum Gasteiger partial charge on any atom is 0.271 e. The molecule has 1 spiro atoms. The van der Waals surface area contributed by atoms with E-state index in [1.807, 2.05) is 30.3 Å². The van der Waals surface area contributed by atoms with Gasteiger partial charge in [-0.15, -0.1) is 5.10 Å². The molecule has 1 aromatic heterocycles. The van der Waals surface area contributed by atoms with E-state index in [0.717, 1.165) is 18.4 Å². The van der Waals surface area contributed by atoms with E-state index in [2.05, 4.69) is 15.6 Å². The van der Waals surface area contributed by atoms with Crippen LogP contribution in [0.15, 0.2) is 36.5 Å². The number of ether oxygens (including phenoxy) is 1. The second-order valence-electron chi connectivity index (χ2n) is 6.89. The van der Waals surface area contributed by atoms with Crippen LogP contribution in [0, 0.1) is 5.41 Å². The molecule has 2 atom stereocenters. The van der Waals surface area contributed by atoms with Gasteiger partial charge in [0.05, 0.1) is 18.8 Å². The first-order valence-electron chi connectivity index (χ1n) is 8.68. The summed E-state index contributed by atoms with van der Waals surface area (Å²) >= 11 is 0. The van der Waals surface area contributed by atoms with E-state index in [-0.39, 0.29) is 23.5 Å². The van der Waals surface area contributed by atoms with Crippen LogP contribution in [0.2, 0.25) is 0 Å². The number of hydrogen-bond donors (Lipinski definition) is 2. The molecule has 2 fully saturated rings. The Kier molecular flexibility index (Phi) is 4.27. The second kappa shape index (κ2) is 6.57. The topological polar surface area (TPSA) is 89.3 Å². The number of carbonyl (C=O) groups excluding carboxylic acids is 1. The molecule has 1 aliphatic carbocycles. The number of hydrogen-bond acceptors (Lipinski definition) is 5. The summed E-state index contributed by atoms with van der Waals surface area (Å²) in [6.07, 6.45) is 3.27. The third-order valence-corrected chi connectivity index (χ3v) is 5.57. The molecule has 0 radical (unpaired) electrons. The van der Waals surface area contributed by atoms with E-state index in [4.69, 9.17) is 4.74 Å². The second-order valence-corrected chi connectivity index (χ2v) is 6.89. The van der Waals surface area contributed by atoms with Crippen molar-refractivity contribution in [3.05, 3.63) is 47.8 Å². The van der Waals surface area contributed by atoms with Gasteiger partial charge in [-0.3, -0.25) is 4.79 Å². The molecule has 2 N–H and O–H groups in total. The van der Waals surface area contributed by atoms with Gasteiger partial charge in [-0.05, 0) is 24.8 Å². The lowest BCUT2D eigenvalue weighted by Crippen LogP contribution is -2.65. The number of aromatic nitrogens is 3. The number of carbonyl (C=O) groups is 1. The van der Waals surface area contributed by atoms with Crippen molar-refractivity contribution in [1.82, 2.24) is 20.3 Å². The number of aliphatic hydroxyl groups excluding tert-OH is 1. The van der Waals surface area contributed by atoms with Crippen molar-refractivity contribution in [2.45, 2.75) is 38.0 Å². The lowest BCUT2D eigenvalue weighted by molar-refractivity contribution is -0.145. The maximum atomic E-state index is 12.7. The van der Waals surface area contributed by atoms with Crippen LogP contribution in [-0.4, -0.2) is 51.4 Å². The molecule has 132 valence electrons. The van der Waals surface area contributed by atoms with Crippen LogP contribution in [0.3, 0.4) is 0 Å². The van der Waals surface area contributed by atoms with Gasteiger partial charge in [0, 0.05) is 24.7 Å². The SMILES string of the molecule is O=C(N[C@@H]1C[C@@H](O)C12CCOCC2)c1cnnn1Cc1ccccc1. The molecule has 4 rings (SSSR count). The number of aliphatic hydroxyl groups is 1. The van der Waals surface area contributed by atoms with Crippen LogP contribution in [0.25, 0.3) is 0 Å². The fourth-order valence-corrected chi connectivity index (χ4v) is 3.94. The minimum absolute atomic E-state index is 0.0287. The van der Waals surface area contributed by atoms with Gasteiger partial charge in [0.25, 0.3) is 5.91 Å². The first-order chi connectivity index (χ1) is 12.2. The summed E-state index contributed by atoms with van der Waals surface area (Å²) in [7, 11) is 0. The summed E-state index contributed by atoms with van der Waals surface area (Å²) in [4.78, 5) is 12.7. The highest BCUT2D eigenvalue weighted by atomic mass is 16.5. The first-order valence-corrected chi connectivity index (χ1v) is 8.68. The van der Waals surface area contributed by atoms with E-state index >= 15 is 0 Å². The highest BCUT2D eigenvalue weighted by Crippen LogP contribution is 2.49. The van der Waals surface area contributed by atoms with Gasteiger partial charge in [0.1, 0.15) is 5.69 Å². The Balaban J connectivity index is 1.46. The molecular weight excluding hydrogens is 320 g/mol. The minimum atomic E-state index is -0.367. The molecule has 1 saturated carbocycles. The standard InChI is InChI=1S/C18H22N4O3/c23-16-10-15(18(16)6-8-25-9-7-18)20-17(24)14-11-19-21-22(14)12-13-4-2-1-3-5-13/h1-5,11,15-16,23H,6-10,12H2,(H,20,24)/t15-,16-/m1/s1. The fourth-order valence-electron chi connectivity index (χ4n) is 3.94. The molecule has 1 saturated heterocycles. The number of nitrogens with zero attached hydrogens (tertiary/aromatic N) is 3. The monoisotopic (exact) mass is 342 g/mol. The van der Waals surface area contributed by atoms with Crippen molar-refractivity contribution in [2.24, 2.45) is 5.41 Å². The lowest BCUT2D eigenvalue weighted by Gasteiger charge is -2.55. The fraction of sp³-hybridized carbons (Fsp3) is 0.500. The number of rotatable bonds is 4. The minimum Gasteiger partial charge on any atom is -0.392 e. The Morgan fingerprint density at radius 2 is 2.08 bits per heavy atom. The molecule has 1 amide bonds. The zero-order valence-corrected chi connectivity index (χ0v) is 14.0. The quantitative estimate of drug-likeness (QED) is 0.865. The van der Waals surface area contributed by atoms with Gasteiger partial charge in [0.15, 0.2) is 0 Å². The van der Waals surface area contributed by atoms with E-state index in [1.54, 1.807) is 4.68 Å². The highest BCUT2D eigenvalue weighted by Gasteiger charge is 2.55. The average Bonchev–Trinajstić information content (AvgIpc) is 3.11. The van der Waals surface area contributed by atoms with Crippen LogP contribution in [0.5, 0.6) is 0 Å². The normalized spacial score (nSPS) is 24.7. The summed E-state index contributed by atoms with van der Waals surface area (Å²) in [6.45, 7) is 1.77. The molecule has 1 aromatic carbocycles. The molecule has 2 heterocycles. The van der Waals surface area contributed by atoms with Gasteiger partial charge < -0.3 is 15.2 Å². The van der Waals surface area contributed by atoms with Crippen molar-refractivity contribution in [3.63, 3.8) is 0 Å². The molecule has 1 aliphatic heterocycles. The van der Waals surface area contributed by atoms with Crippen LogP contribution in [-0.2, 0) is 11.3 Å². The van der Waals surface area contributed by atoms with Gasteiger partial charge in [-0.25, -0.2) is 4.68 Å². The van der Waals surface area contributed by atoms with Gasteiger partial charge in [0.2, 0.25) is 0 Å². The molecule has 7 nitrogen and oxygen atoms in total. The Labute approximate surface area is 146 Å². The summed E-state index contributed by atoms with van der Waals surface area (Å²) in [5, 5.41) is 21.3. The summed E-state index contributed by atoms with van der Waals surface area (Å²) in [5.74, 6) is -0.191. The number of benzene rings is 1. The summed E-state index contributed by atoms with van der Waals surface area (Å²) in [6, 6.07) is 9.81. The largest absolute Gasteiger partial charge is 0.392 e. The molecule has 2 aromatic rings. The van der Waals surface area contributed by atoms with E-state index in [9.17, 15) is 9.90 Å². The van der Waals surface area contributed by atoms with Crippen molar-refractivity contribution in [2.75, 3.05) is 13.2 Å². The third-order valence-electron chi connectivity index (χ3n) is 5.57.